The minimum atomic E-state index is -3.52. The molecule has 1 unspecified atom stereocenters. The third-order valence-corrected chi connectivity index (χ3v) is 6.25. The van der Waals surface area contributed by atoms with E-state index in [4.69, 9.17) is 13.7 Å². The van der Waals surface area contributed by atoms with Crippen LogP contribution in [-0.4, -0.2) is 105 Å². The predicted octanol–water partition coefficient (Wildman–Crippen LogP) is -0.904. The van der Waals surface area contributed by atoms with E-state index in [1.165, 1.54) is 0 Å². The number of carbonyl (C=O) groups is 2. The van der Waals surface area contributed by atoms with Crippen LogP contribution in [0.3, 0.4) is 0 Å². The molecule has 0 bridgehead atoms. The van der Waals surface area contributed by atoms with Crippen LogP contribution in [0.5, 0.6) is 0 Å². The highest BCUT2D eigenvalue weighted by atomic mass is 32.2. The number of nitrogens with zero attached hydrogens (tertiary/aromatic N) is 1. The highest BCUT2D eigenvalue weighted by Crippen LogP contribution is 2.39. The van der Waals surface area contributed by atoms with Crippen molar-refractivity contribution >= 4 is 22.1 Å². The molecule has 1 aliphatic heterocycles. The lowest BCUT2D eigenvalue weighted by Crippen LogP contribution is -2.47. The van der Waals surface area contributed by atoms with Crippen LogP contribution >= 0.6 is 0 Å². The maximum Gasteiger partial charge on any atom is 0.333 e. The first-order valence-electron chi connectivity index (χ1n) is 10.8. The Morgan fingerprint density at radius 3 is 2.12 bits per heavy atom. The van der Waals surface area contributed by atoms with Gasteiger partial charge in [0.2, 0.25) is 0 Å². The van der Waals surface area contributed by atoms with Gasteiger partial charge in [-0.25, -0.2) is 9.59 Å². The summed E-state index contributed by atoms with van der Waals surface area (Å²) in [5.41, 5.74) is 0.908. The lowest BCUT2D eigenvalue weighted by atomic mass is 9.90. The Kier molecular flexibility index (Phi) is 9.58. The molecule has 3 N–H and O–H groups in total. The van der Waals surface area contributed by atoms with Gasteiger partial charge in [-0.15, -0.1) is 0 Å². The normalized spacial score (nSPS) is 32.9. The Morgan fingerprint density at radius 1 is 1.09 bits per heavy atom. The van der Waals surface area contributed by atoms with Gasteiger partial charge in [-0.05, 0) is 27.9 Å². The van der Waals surface area contributed by atoms with Crippen LogP contribution < -0.4 is 5.32 Å². The van der Waals surface area contributed by atoms with Gasteiger partial charge in [0, 0.05) is 30.0 Å². The van der Waals surface area contributed by atoms with E-state index in [0.29, 0.717) is 24.4 Å². The van der Waals surface area contributed by atoms with Crippen molar-refractivity contribution in [1.29, 1.82) is 0 Å². The van der Waals surface area contributed by atoms with Gasteiger partial charge in [-0.2, -0.15) is 8.42 Å². The number of aliphatic hydroxyl groups is 2. The van der Waals surface area contributed by atoms with Crippen molar-refractivity contribution in [1.82, 2.24) is 10.2 Å². The number of hydrogen-bond acceptors (Lipinski definition) is 11. The zero-order valence-corrected chi connectivity index (χ0v) is 20.4. The molecular formula is C21H34N2O9S. The second kappa shape index (κ2) is 11.5. The first kappa shape index (κ1) is 27.4. The van der Waals surface area contributed by atoms with E-state index in [1.54, 1.807) is 27.0 Å². The van der Waals surface area contributed by atoms with E-state index < -0.39 is 46.4 Å². The van der Waals surface area contributed by atoms with E-state index in [9.17, 15) is 28.2 Å². The van der Waals surface area contributed by atoms with Gasteiger partial charge in [0.1, 0.15) is 0 Å². The summed E-state index contributed by atoms with van der Waals surface area (Å²) in [6, 6.07) is -0.295. The summed E-state index contributed by atoms with van der Waals surface area (Å²) >= 11 is 0. The summed E-state index contributed by atoms with van der Waals surface area (Å²) in [4.78, 5) is 25.0. The number of ether oxygens (including phenoxy) is 2. The molecule has 3 aliphatic rings. The fourth-order valence-corrected chi connectivity index (χ4v) is 4.62. The van der Waals surface area contributed by atoms with E-state index in [-0.39, 0.29) is 24.9 Å². The first-order valence-corrected chi connectivity index (χ1v) is 12.6. The fourth-order valence-electron chi connectivity index (χ4n) is 3.99. The Balaban J connectivity index is 0.000000238. The lowest BCUT2D eigenvalue weighted by Gasteiger charge is -2.29. The summed E-state index contributed by atoms with van der Waals surface area (Å²) < 4.78 is 37.2. The van der Waals surface area contributed by atoms with Gasteiger partial charge < -0.3 is 25.0 Å². The minimum absolute atomic E-state index is 0.0397. The summed E-state index contributed by atoms with van der Waals surface area (Å²) in [6.07, 6.45) is 2.57. The molecule has 0 aromatic rings. The molecule has 1 saturated heterocycles. The number of aliphatic hydroxyl groups excluding tert-OH is 2. The molecule has 0 amide bonds. The van der Waals surface area contributed by atoms with Gasteiger partial charge in [-0.3, -0.25) is 9.08 Å². The van der Waals surface area contributed by atoms with Crippen molar-refractivity contribution in [2.24, 2.45) is 0 Å². The first-order chi connectivity index (χ1) is 15.4. The molecule has 1 heterocycles. The molecule has 2 aliphatic carbocycles. The Bertz CT molecular complexity index is 886. The van der Waals surface area contributed by atoms with Crippen molar-refractivity contribution in [3.05, 3.63) is 23.3 Å². The molecule has 1 fully saturated rings. The molecule has 33 heavy (non-hydrogen) atoms. The van der Waals surface area contributed by atoms with Crippen molar-refractivity contribution in [2.45, 2.75) is 63.1 Å². The van der Waals surface area contributed by atoms with Crippen LogP contribution in [0.25, 0.3) is 0 Å². The molecule has 0 aromatic carbocycles. The van der Waals surface area contributed by atoms with Crippen LogP contribution in [0.2, 0.25) is 0 Å². The monoisotopic (exact) mass is 490 g/mol. The maximum atomic E-state index is 11.7. The molecule has 11 nitrogen and oxygen atoms in total. The Morgan fingerprint density at radius 2 is 1.64 bits per heavy atom. The van der Waals surface area contributed by atoms with Crippen LogP contribution in [0, 0.1) is 0 Å². The summed E-state index contributed by atoms with van der Waals surface area (Å²) in [5, 5.41) is 21.9. The number of fused-ring (bicyclic) bond motifs is 1. The number of likely N-dealkylation sites (N-methyl/N-ethyl adjacent to an activating group) is 2. The average molecular weight is 491 g/mol. The number of esters is 2. The summed E-state index contributed by atoms with van der Waals surface area (Å²) in [7, 11) is 0.0107. The second-order valence-corrected chi connectivity index (χ2v) is 9.69. The maximum absolute atomic E-state index is 11.7. The zero-order valence-electron chi connectivity index (χ0n) is 19.6. The molecule has 188 valence electrons. The van der Waals surface area contributed by atoms with Crippen LogP contribution in [0.1, 0.15) is 26.7 Å². The standard InChI is InChI=1S/C11H17NO5S.C10H17NO4/c1-4-16-11(13)7-5-8-10(12(8)2)9(6-7)17-18(3,14)15;1-3-15-10(14)6-4-7(11-2)9(13)8(12)5-6/h5,8-10H,4,6H2,1-3H3;4,7-9,11-13H,3,5H2,1-2H3/t8-,9-,10-,12?;7-,8-,9+/m00/s1. The molecule has 7 atom stereocenters. The van der Waals surface area contributed by atoms with Crippen LogP contribution in [0.15, 0.2) is 23.3 Å². The predicted molar refractivity (Wildman–Crippen MR) is 119 cm³/mol. The third-order valence-electron chi connectivity index (χ3n) is 5.65. The zero-order chi connectivity index (χ0) is 24.9. The Labute approximate surface area is 194 Å². The fraction of sp³-hybridized carbons (Fsp3) is 0.714. The summed E-state index contributed by atoms with van der Waals surface area (Å²) in [6.45, 7) is 4.07. The van der Waals surface area contributed by atoms with Gasteiger partial charge in [-0.1, -0.05) is 12.2 Å². The van der Waals surface area contributed by atoms with Gasteiger partial charge >= 0.3 is 11.9 Å². The minimum Gasteiger partial charge on any atom is -0.463 e. The van der Waals surface area contributed by atoms with E-state index in [0.717, 1.165) is 6.26 Å². The number of hydrogen-bond donors (Lipinski definition) is 3. The molecule has 3 rings (SSSR count). The van der Waals surface area contributed by atoms with Gasteiger partial charge in [0.25, 0.3) is 10.1 Å². The largest absolute Gasteiger partial charge is 0.463 e. The van der Waals surface area contributed by atoms with Crippen molar-refractivity contribution in [2.75, 3.05) is 33.6 Å². The lowest BCUT2D eigenvalue weighted by molar-refractivity contribution is -0.140. The van der Waals surface area contributed by atoms with Crippen molar-refractivity contribution in [3.63, 3.8) is 0 Å². The van der Waals surface area contributed by atoms with Gasteiger partial charge in [0.15, 0.2) is 0 Å². The van der Waals surface area contributed by atoms with E-state index in [2.05, 4.69) is 5.32 Å². The van der Waals surface area contributed by atoms with E-state index >= 15 is 0 Å². The van der Waals surface area contributed by atoms with Crippen molar-refractivity contribution in [3.8, 4) is 0 Å². The third kappa shape index (κ3) is 7.33. The highest BCUT2D eigenvalue weighted by Gasteiger charge is 2.53. The SMILES string of the molecule is CCOC(=O)C1=C[C@H](NC)[C@@H](O)[C@@H](O)C1.CCOC(=O)C1=C[C@H]2[C@@H]([C@@H](OS(C)(=O)=O)C1)N2C. The summed E-state index contributed by atoms with van der Waals surface area (Å²) in [5.74, 6) is -0.818. The van der Waals surface area contributed by atoms with Crippen LogP contribution in [0.4, 0.5) is 0 Å². The molecular weight excluding hydrogens is 456 g/mol. The molecule has 0 radical (unpaired) electrons. The molecule has 0 saturated carbocycles. The average Bonchev–Trinajstić information content (AvgIpc) is 3.39. The van der Waals surface area contributed by atoms with Gasteiger partial charge in [0.05, 0.1) is 49.9 Å². The topological polar surface area (TPSA) is 151 Å². The molecule has 12 heteroatoms. The number of nitrogens with one attached hydrogen (secondary N) is 1. The quantitative estimate of drug-likeness (QED) is 0.231. The van der Waals surface area contributed by atoms with Crippen LogP contribution in [-0.2, 0) is 33.4 Å². The number of rotatable bonds is 7. The molecule has 0 aromatic heterocycles. The van der Waals surface area contributed by atoms with Crippen molar-refractivity contribution < 1.29 is 41.9 Å². The smallest absolute Gasteiger partial charge is 0.333 e. The number of carbonyl (C=O) groups excluding carboxylic acids is 2. The Hall–Kier alpha value is -1.83. The second-order valence-electron chi connectivity index (χ2n) is 8.09. The molecule has 0 spiro atoms. The van der Waals surface area contributed by atoms with E-state index in [1.807, 2.05) is 18.0 Å². The highest BCUT2D eigenvalue weighted by molar-refractivity contribution is 7.86.